The lowest BCUT2D eigenvalue weighted by Crippen LogP contribution is -2.31. The van der Waals surface area contributed by atoms with Gasteiger partial charge in [0, 0.05) is 37.0 Å². The van der Waals surface area contributed by atoms with Gasteiger partial charge in [0.05, 0.1) is 40.9 Å². The molecule has 42 heavy (non-hydrogen) atoms. The Labute approximate surface area is 247 Å². The molecule has 0 spiro atoms. The summed E-state index contributed by atoms with van der Waals surface area (Å²) in [7, 11) is -0.243. The predicted octanol–water partition coefficient (Wildman–Crippen LogP) is 4.22. The number of hydrogen-bond donors (Lipinski definition) is 2. The molecule has 0 aliphatic carbocycles. The number of carbonyl (C=O) groups is 1. The lowest BCUT2D eigenvalue weighted by molar-refractivity contribution is 0.0977. The van der Waals surface area contributed by atoms with E-state index in [-0.39, 0.29) is 22.1 Å². The van der Waals surface area contributed by atoms with E-state index in [1.807, 2.05) is 66.7 Å². The number of nitrogens with zero attached hydrogens (tertiary/aromatic N) is 5. The molecule has 0 radical (unpaired) electrons. The van der Waals surface area contributed by atoms with Crippen LogP contribution in [0, 0.1) is 6.92 Å². The zero-order chi connectivity index (χ0) is 30.3. The number of anilines is 1. The third kappa shape index (κ3) is 5.90. The number of halogens is 1. The highest BCUT2D eigenvalue weighted by Crippen LogP contribution is 2.30. The van der Waals surface area contributed by atoms with Crippen molar-refractivity contribution in [3.8, 4) is 22.6 Å². The maximum atomic E-state index is 13.6. The van der Waals surface area contributed by atoms with Gasteiger partial charge in [-0.1, -0.05) is 41.9 Å². The highest BCUT2D eigenvalue weighted by atomic mass is 35.5. The number of imidazole rings is 1. The van der Waals surface area contributed by atoms with E-state index >= 15 is 0 Å². The van der Waals surface area contributed by atoms with Crippen LogP contribution in [-0.2, 0) is 24.1 Å². The summed E-state index contributed by atoms with van der Waals surface area (Å²) in [6, 6.07) is 13.9. The molecule has 5 rings (SSSR count). The van der Waals surface area contributed by atoms with Gasteiger partial charge in [-0.2, -0.15) is 0 Å². The first-order chi connectivity index (χ1) is 19.8. The molecule has 3 heterocycles. The van der Waals surface area contributed by atoms with Gasteiger partial charge in [-0.15, -0.1) is 0 Å². The Morgan fingerprint density at radius 1 is 1.02 bits per heavy atom. The van der Waals surface area contributed by atoms with Crippen LogP contribution in [-0.4, -0.2) is 44.7 Å². The van der Waals surface area contributed by atoms with Crippen molar-refractivity contribution in [3.63, 3.8) is 0 Å². The van der Waals surface area contributed by atoms with Crippen LogP contribution in [0.15, 0.2) is 65.8 Å². The minimum Gasteiger partial charge on any atom is -0.377 e. The smallest absolute Gasteiger partial charge is 0.285 e. The largest absolute Gasteiger partial charge is 0.377 e. The molecule has 0 aliphatic heterocycles. The minimum atomic E-state index is -3.84. The Hall–Kier alpha value is -4.55. The number of carbonyl (C=O) groups excluding carboxylic acids is 1. The van der Waals surface area contributed by atoms with Crippen molar-refractivity contribution in [2.24, 2.45) is 14.1 Å². The number of nitrogens with one attached hydrogen (secondary N) is 2. The molecule has 1 amide bonds. The average Bonchev–Trinajstić information content (AvgIpc) is 3.37. The topological polar surface area (TPSA) is 141 Å². The highest BCUT2D eigenvalue weighted by Gasteiger charge is 2.22. The van der Waals surface area contributed by atoms with Gasteiger partial charge in [0.2, 0.25) is 10.0 Å². The number of pyridine rings is 1. The summed E-state index contributed by atoms with van der Waals surface area (Å²) < 4.78 is 28.7. The van der Waals surface area contributed by atoms with Crippen LogP contribution in [0.3, 0.4) is 0 Å². The highest BCUT2D eigenvalue weighted by molar-refractivity contribution is 7.89. The summed E-state index contributed by atoms with van der Waals surface area (Å²) in [5.41, 5.74) is 4.45. The molecule has 0 bridgehead atoms. The molecule has 3 aromatic heterocycles. The first kappa shape index (κ1) is 29.0. The normalized spacial score (nSPS) is 12.3. The number of benzene rings is 2. The van der Waals surface area contributed by atoms with Gasteiger partial charge in [0.1, 0.15) is 11.0 Å². The second kappa shape index (κ2) is 11.0. The quantitative estimate of drug-likeness (QED) is 0.263. The third-order valence-electron chi connectivity index (χ3n) is 6.69. The van der Waals surface area contributed by atoms with Crippen LogP contribution in [0.5, 0.6) is 0 Å². The van der Waals surface area contributed by atoms with E-state index in [1.54, 1.807) is 25.5 Å². The number of rotatable bonds is 7. The van der Waals surface area contributed by atoms with E-state index in [2.05, 4.69) is 15.3 Å². The molecule has 5 aromatic rings. The number of hydrogen-bond acceptors (Lipinski definition) is 8. The molecule has 1 atom stereocenters. The molecule has 0 saturated carbocycles. The van der Waals surface area contributed by atoms with Gasteiger partial charge >= 0.3 is 0 Å². The Bertz CT molecular complexity index is 2020. The third-order valence-corrected chi connectivity index (χ3v) is 7.46. The fourth-order valence-electron chi connectivity index (χ4n) is 4.75. The van der Waals surface area contributed by atoms with E-state index < -0.39 is 22.0 Å². The van der Waals surface area contributed by atoms with E-state index in [9.17, 15) is 18.0 Å². The summed E-state index contributed by atoms with van der Waals surface area (Å²) in [6.45, 7) is 3.73. The molecule has 0 unspecified atom stereocenters. The number of aromatic nitrogens is 5. The van der Waals surface area contributed by atoms with Crippen molar-refractivity contribution in [1.29, 1.82) is 0 Å². The molecule has 13 heteroatoms. The summed E-state index contributed by atoms with van der Waals surface area (Å²) in [6.07, 6.45) is 4.53. The van der Waals surface area contributed by atoms with Crippen LogP contribution in [0.2, 0.25) is 5.15 Å². The van der Waals surface area contributed by atoms with Crippen LogP contribution in [0.4, 0.5) is 5.69 Å². The standard InChI is InChI=1S/C29H28ClN7O4S/c1-16-12-20(17(2)32-22-10-11-24(30)33-26(22)28(38)35-42(5,40)41)25-21(13-16)29(39)37(4)27(34-25)19-8-6-18(7-9-19)23-14-36(3)15-31-23/h6-15,17,32H,1-5H3,(H,35,38)/t17-/m1/s1. The van der Waals surface area contributed by atoms with E-state index in [0.717, 1.165) is 28.6 Å². The van der Waals surface area contributed by atoms with Crippen molar-refractivity contribution in [1.82, 2.24) is 28.8 Å². The molecule has 2 N–H and O–H groups in total. The van der Waals surface area contributed by atoms with Crippen molar-refractivity contribution in [2.45, 2.75) is 19.9 Å². The fraction of sp³-hybridized carbons (Fsp3) is 0.207. The van der Waals surface area contributed by atoms with Gasteiger partial charge in [-0.25, -0.2) is 28.1 Å². The maximum absolute atomic E-state index is 13.6. The Balaban J connectivity index is 1.57. The molecule has 216 valence electrons. The average molecular weight is 606 g/mol. The van der Waals surface area contributed by atoms with Crippen LogP contribution in [0.1, 0.15) is 34.6 Å². The summed E-state index contributed by atoms with van der Waals surface area (Å²) in [5.74, 6) is -0.439. The molecule has 0 fully saturated rings. The van der Waals surface area contributed by atoms with Crippen molar-refractivity contribution in [3.05, 3.63) is 93.4 Å². The SMILES string of the molecule is Cc1cc([C@@H](C)Nc2ccc(Cl)nc2C(=O)NS(C)(=O)=O)c2nc(-c3ccc(-c4cn(C)cn4)cc3)n(C)c(=O)c2c1. The van der Waals surface area contributed by atoms with Gasteiger partial charge in [0.25, 0.3) is 11.5 Å². The number of sulfonamides is 1. The summed E-state index contributed by atoms with van der Waals surface area (Å²) in [5, 5.41) is 3.69. The Morgan fingerprint density at radius 3 is 2.36 bits per heavy atom. The predicted molar refractivity (Wildman–Crippen MR) is 163 cm³/mol. The first-order valence-electron chi connectivity index (χ1n) is 12.9. The lowest BCUT2D eigenvalue weighted by atomic mass is 10.0. The molecule has 0 aliphatic rings. The van der Waals surface area contributed by atoms with Crippen molar-refractivity contribution in [2.75, 3.05) is 11.6 Å². The first-order valence-corrected chi connectivity index (χ1v) is 15.1. The molecule has 11 nitrogen and oxygen atoms in total. The Kier molecular flexibility index (Phi) is 7.60. The zero-order valence-corrected chi connectivity index (χ0v) is 25.1. The van der Waals surface area contributed by atoms with E-state index in [4.69, 9.17) is 16.6 Å². The van der Waals surface area contributed by atoms with Gasteiger partial charge in [-0.3, -0.25) is 14.2 Å². The second-order valence-corrected chi connectivity index (χ2v) is 12.3. The van der Waals surface area contributed by atoms with E-state index in [0.29, 0.717) is 22.3 Å². The number of amides is 1. The lowest BCUT2D eigenvalue weighted by Gasteiger charge is -2.20. The molecular formula is C29H28ClN7O4S. The maximum Gasteiger partial charge on any atom is 0.285 e. The van der Waals surface area contributed by atoms with Crippen LogP contribution < -0.4 is 15.6 Å². The second-order valence-electron chi connectivity index (χ2n) is 10.2. The molecule has 2 aromatic carbocycles. The fourth-order valence-corrected chi connectivity index (χ4v) is 5.33. The zero-order valence-electron chi connectivity index (χ0n) is 23.5. The molecular weight excluding hydrogens is 578 g/mol. The van der Waals surface area contributed by atoms with Crippen LogP contribution in [0.25, 0.3) is 33.5 Å². The summed E-state index contributed by atoms with van der Waals surface area (Å²) in [4.78, 5) is 39.7. The van der Waals surface area contributed by atoms with Crippen molar-refractivity contribution >= 4 is 44.1 Å². The van der Waals surface area contributed by atoms with Gasteiger partial charge in [0.15, 0.2) is 5.69 Å². The Morgan fingerprint density at radius 2 is 1.71 bits per heavy atom. The van der Waals surface area contributed by atoms with Crippen molar-refractivity contribution < 1.29 is 13.2 Å². The minimum absolute atomic E-state index is 0.0247. The van der Waals surface area contributed by atoms with E-state index in [1.165, 1.54) is 10.6 Å². The number of aryl methyl sites for hydroxylation is 2. The monoisotopic (exact) mass is 605 g/mol. The molecule has 0 saturated heterocycles. The van der Waals surface area contributed by atoms with Crippen LogP contribution >= 0.6 is 11.6 Å². The van der Waals surface area contributed by atoms with Gasteiger partial charge in [-0.05, 0) is 37.6 Å². The number of fused-ring (bicyclic) bond motifs is 1. The summed E-state index contributed by atoms with van der Waals surface area (Å²) >= 11 is 6.02. The van der Waals surface area contributed by atoms with Gasteiger partial charge < -0.3 is 9.88 Å².